The van der Waals surface area contributed by atoms with Gasteiger partial charge in [-0.25, -0.2) is 12.7 Å². The Morgan fingerprint density at radius 1 is 1.15 bits per heavy atom. The van der Waals surface area contributed by atoms with Crippen LogP contribution in [0, 0.1) is 5.92 Å². The van der Waals surface area contributed by atoms with E-state index in [9.17, 15) is 13.2 Å². The van der Waals surface area contributed by atoms with Gasteiger partial charge < -0.3 is 11.1 Å². The summed E-state index contributed by atoms with van der Waals surface area (Å²) in [5, 5.41) is 2.87. The van der Waals surface area contributed by atoms with Crippen LogP contribution in [0.15, 0.2) is 24.3 Å². The highest BCUT2D eigenvalue weighted by atomic mass is 35.5. The van der Waals surface area contributed by atoms with E-state index in [1.807, 2.05) is 38.1 Å². The van der Waals surface area contributed by atoms with Crippen molar-refractivity contribution < 1.29 is 13.2 Å². The van der Waals surface area contributed by atoms with Crippen LogP contribution in [0.2, 0.25) is 0 Å². The molecule has 3 N–H and O–H groups in total. The van der Waals surface area contributed by atoms with E-state index in [1.54, 1.807) is 0 Å². The van der Waals surface area contributed by atoms with Crippen LogP contribution in [0.5, 0.6) is 0 Å². The molecule has 1 heterocycles. The Balaban J connectivity index is 0.00000364. The van der Waals surface area contributed by atoms with E-state index < -0.39 is 15.6 Å². The van der Waals surface area contributed by atoms with Gasteiger partial charge in [-0.1, -0.05) is 39.8 Å². The molecule has 1 aliphatic heterocycles. The minimum absolute atomic E-state index is 0. The van der Waals surface area contributed by atoms with Gasteiger partial charge in [0.2, 0.25) is 15.9 Å². The molecular formula is C19H32ClN3O3S. The number of rotatable bonds is 6. The number of nitrogens with two attached hydrogens (primary N) is 1. The van der Waals surface area contributed by atoms with Crippen LogP contribution in [0.1, 0.15) is 52.0 Å². The number of anilines is 1. The van der Waals surface area contributed by atoms with Crippen LogP contribution >= 0.6 is 12.4 Å². The Morgan fingerprint density at radius 3 is 2.11 bits per heavy atom. The molecule has 0 spiro atoms. The normalized spacial score (nSPS) is 17.6. The molecule has 1 aromatic carbocycles. The summed E-state index contributed by atoms with van der Waals surface area (Å²) in [5.41, 5.74) is 7.17. The number of piperidine rings is 1. The van der Waals surface area contributed by atoms with Crippen LogP contribution in [-0.2, 0) is 14.8 Å². The van der Waals surface area contributed by atoms with Gasteiger partial charge in [-0.05, 0) is 42.4 Å². The average Bonchev–Trinajstić information content (AvgIpc) is 2.54. The van der Waals surface area contributed by atoms with Gasteiger partial charge in [-0.2, -0.15) is 0 Å². The standard InChI is InChI=1S/C19H31N3O3S.ClH/c1-14(2)13-26(24,25)22-11-9-19(20,10-12-22)18(23)21-17-7-5-16(6-8-17)15(3)4;/h5-8,14-15H,9-13,20H2,1-4H3,(H,21,23);1H. The van der Waals surface area contributed by atoms with Crippen LogP contribution in [0.4, 0.5) is 5.69 Å². The zero-order valence-corrected chi connectivity index (χ0v) is 18.2. The van der Waals surface area contributed by atoms with Crippen LogP contribution < -0.4 is 11.1 Å². The highest BCUT2D eigenvalue weighted by molar-refractivity contribution is 7.89. The molecule has 0 radical (unpaired) electrons. The first-order valence-corrected chi connectivity index (χ1v) is 10.8. The molecule has 0 unspecified atom stereocenters. The van der Waals surface area contributed by atoms with Crippen LogP contribution in [0.3, 0.4) is 0 Å². The highest BCUT2D eigenvalue weighted by Crippen LogP contribution is 2.25. The maximum absolute atomic E-state index is 12.6. The Kier molecular flexibility index (Phi) is 8.29. The van der Waals surface area contributed by atoms with E-state index >= 15 is 0 Å². The van der Waals surface area contributed by atoms with Crippen molar-refractivity contribution in [2.45, 2.75) is 52.0 Å². The summed E-state index contributed by atoms with van der Waals surface area (Å²) >= 11 is 0. The van der Waals surface area contributed by atoms with Crippen molar-refractivity contribution >= 4 is 34.0 Å². The van der Waals surface area contributed by atoms with Gasteiger partial charge in [0.15, 0.2) is 0 Å². The van der Waals surface area contributed by atoms with E-state index in [0.717, 1.165) is 0 Å². The number of nitrogens with one attached hydrogen (secondary N) is 1. The van der Waals surface area contributed by atoms with Gasteiger partial charge in [0.25, 0.3) is 0 Å². The Hall–Kier alpha value is -1.15. The van der Waals surface area contributed by atoms with E-state index in [4.69, 9.17) is 5.73 Å². The molecular weight excluding hydrogens is 386 g/mol. The molecule has 8 heteroatoms. The molecule has 0 bridgehead atoms. The number of hydrogen-bond acceptors (Lipinski definition) is 4. The highest BCUT2D eigenvalue weighted by Gasteiger charge is 2.40. The average molecular weight is 418 g/mol. The van der Waals surface area contributed by atoms with Gasteiger partial charge in [0, 0.05) is 18.8 Å². The van der Waals surface area contributed by atoms with Crippen LogP contribution in [0.25, 0.3) is 0 Å². The molecule has 0 aromatic heterocycles. The molecule has 1 aliphatic rings. The van der Waals surface area contributed by atoms with Gasteiger partial charge in [0.1, 0.15) is 0 Å². The Bertz CT molecular complexity index is 725. The fraction of sp³-hybridized carbons (Fsp3) is 0.632. The summed E-state index contributed by atoms with van der Waals surface area (Å²) in [6, 6.07) is 7.73. The Labute approximate surface area is 169 Å². The number of halogens is 1. The quantitative estimate of drug-likeness (QED) is 0.744. The van der Waals surface area contributed by atoms with Crippen molar-refractivity contribution in [2.24, 2.45) is 11.7 Å². The van der Waals surface area contributed by atoms with E-state index in [0.29, 0.717) is 24.4 Å². The third kappa shape index (κ3) is 6.17. The maximum Gasteiger partial charge on any atom is 0.244 e. The molecule has 6 nitrogen and oxygen atoms in total. The summed E-state index contributed by atoms with van der Waals surface area (Å²) in [6.07, 6.45) is 0.639. The fourth-order valence-electron chi connectivity index (χ4n) is 3.12. The fourth-order valence-corrected chi connectivity index (χ4v) is 4.92. The molecule has 0 saturated carbocycles. The molecule has 27 heavy (non-hydrogen) atoms. The van der Waals surface area contributed by atoms with Crippen molar-refractivity contribution in [3.05, 3.63) is 29.8 Å². The topological polar surface area (TPSA) is 92.5 Å². The lowest BCUT2D eigenvalue weighted by atomic mass is 9.88. The lowest BCUT2D eigenvalue weighted by Gasteiger charge is -2.37. The first-order valence-electron chi connectivity index (χ1n) is 9.21. The number of sulfonamides is 1. The summed E-state index contributed by atoms with van der Waals surface area (Å²) in [6.45, 7) is 8.56. The molecule has 1 amide bonds. The van der Waals surface area contributed by atoms with E-state index in [2.05, 4.69) is 19.2 Å². The molecule has 0 aliphatic carbocycles. The van der Waals surface area contributed by atoms with Crippen molar-refractivity contribution in [2.75, 3.05) is 24.2 Å². The number of hydrogen-bond donors (Lipinski definition) is 2. The second-order valence-corrected chi connectivity index (χ2v) is 9.97. The van der Waals surface area contributed by atoms with Crippen molar-refractivity contribution in [3.8, 4) is 0 Å². The lowest BCUT2D eigenvalue weighted by Crippen LogP contribution is -2.58. The number of carbonyl (C=O) groups excluding carboxylic acids is 1. The zero-order valence-electron chi connectivity index (χ0n) is 16.6. The molecule has 2 rings (SSSR count). The molecule has 154 valence electrons. The van der Waals surface area contributed by atoms with Crippen molar-refractivity contribution in [1.82, 2.24) is 4.31 Å². The third-order valence-electron chi connectivity index (χ3n) is 4.84. The van der Waals surface area contributed by atoms with Gasteiger partial charge >= 0.3 is 0 Å². The van der Waals surface area contributed by atoms with Gasteiger partial charge in [0.05, 0.1) is 11.3 Å². The van der Waals surface area contributed by atoms with Gasteiger partial charge in [-0.3, -0.25) is 4.79 Å². The van der Waals surface area contributed by atoms with E-state index in [-0.39, 0.29) is 43.1 Å². The van der Waals surface area contributed by atoms with Crippen molar-refractivity contribution in [3.63, 3.8) is 0 Å². The number of benzene rings is 1. The zero-order chi connectivity index (χ0) is 19.5. The largest absolute Gasteiger partial charge is 0.324 e. The SMILES string of the molecule is CC(C)CS(=O)(=O)N1CCC(N)(C(=O)Nc2ccc(C(C)C)cc2)CC1.Cl. The minimum Gasteiger partial charge on any atom is -0.324 e. The molecule has 0 atom stereocenters. The number of carbonyl (C=O) groups is 1. The predicted octanol–water partition coefficient (Wildman–Crippen LogP) is 2.95. The maximum atomic E-state index is 12.6. The number of nitrogens with zero attached hydrogens (tertiary/aromatic N) is 1. The lowest BCUT2D eigenvalue weighted by molar-refractivity contribution is -0.122. The van der Waals surface area contributed by atoms with Gasteiger partial charge in [-0.15, -0.1) is 12.4 Å². The minimum atomic E-state index is -3.28. The predicted molar refractivity (Wildman–Crippen MR) is 113 cm³/mol. The summed E-state index contributed by atoms with van der Waals surface area (Å²) in [7, 11) is -3.28. The molecule has 1 aromatic rings. The second-order valence-electron chi connectivity index (χ2n) is 7.96. The second kappa shape index (κ2) is 9.37. The van der Waals surface area contributed by atoms with E-state index in [1.165, 1.54) is 9.87 Å². The first kappa shape index (κ1) is 23.9. The summed E-state index contributed by atoms with van der Waals surface area (Å²) < 4.78 is 26.1. The van der Waals surface area contributed by atoms with Crippen molar-refractivity contribution in [1.29, 1.82) is 0 Å². The van der Waals surface area contributed by atoms with Crippen LogP contribution in [-0.4, -0.2) is 43.0 Å². The Morgan fingerprint density at radius 2 is 1.67 bits per heavy atom. The molecule has 1 fully saturated rings. The molecule has 1 saturated heterocycles. The monoisotopic (exact) mass is 417 g/mol. The summed E-state index contributed by atoms with van der Waals surface area (Å²) in [4.78, 5) is 12.6. The number of amides is 1. The first-order chi connectivity index (χ1) is 12.0. The third-order valence-corrected chi connectivity index (χ3v) is 7.08. The summed E-state index contributed by atoms with van der Waals surface area (Å²) in [5.74, 6) is 0.369. The smallest absolute Gasteiger partial charge is 0.244 e.